The zero-order valence-electron chi connectivity index (χ0n) is 7.67. The number of rotatable bonds is 2. The van der Waals surface area contributed by atoms with Crippen LogP contribution >= 0.6 is 0 Å². The molecule has 0 aliphatic heterocycles. The van der Waals surface area contributed by atoms with Gasteiger partial charge in [-0.2, -0.15) is 13.2 Å². The molecule has 1 unspecified atom stereocenters. The van der Waals surface area contributed by atoms with Crippen molar-refractivity contribution in [3.8, 4) is 0 Å². The molecule has 1 rings (SSSR count). The van der Waals surface area contributed by atoms with Crippen molar-refractivity contribution in [3.05, 3.63) is 29.8 Å². The van der Waals surface area contributed by atoms with Crippen molar-refractivity contribution >= 4 is 16.6 Å². The Balaban J connectivity index is 3.00. The van der Waals surface area contributed by atoms with Gasteiger partial charge in [0.05, 0.1) is 0 Å². The van der Waals surface area contributed by atoms with Crippen molar-refractivity contribution in [2.75, 3.05) is 0 Å². The maximum Gasteiger partial charge on any atom is 0.475 e. The molecule has 1 atom stereocenters. The van der Waals surface area contributed by atoms with Crippen LogP contribution in [0.25, 0.3) is 0 Å². The molecule has 0 radical (unpaired) electrons. The van der Waals surface area contributed by atoms with E-state index in [1.807, 2.05) is 0 Å². The van der Waals surface area contributed by atoms with Gasteiger partial charge in [-0.25, -0.2) is 4.21 Å². The topological polar surface area (TPSA) is 34.1 Å². The van der Waals surface area contributed by atoms with Crippen LogP contribution < -0.4 is 0 Å². The molecule has 0 aromatic heterocycles. The van der Waals surface area contributed by atoms with E-state index in [0.717, 1.165) is 12.1 Å². The lowest BCUT2D eigenvalue weighted by Gasteiger charge is -2.05. The minimum Gasteiger partial charge on any atom is -0.295 e. The fourth-order valence-electron chi connectivity index (χ4n) is 0.947. The van der Waals surface area contributed by atoms with E-state index in [0.29, 0.717) is 0 Å². The largest absolute Gasteiger partial charge is 0.475 e. The molecule has 1 aromatic carbocycles. The molecule has 0 aliphatic rings. The molecular formula is C9H7F3O2S. The van der Waals surface area contributed by atoms with Crippen molar-refractivity contribution in [3.63, 3.8) is 0 Å². The number of hydrogen-bond acceptors (Lipinski definition) is 2. The Morgan fingerprint density at radius 3 is 2.00 bits per heavy atom. The molecule has 15 heavy (non-hydrogen) atoms. The van der Waals surface area contributed by atoms with Crippen LogP contribution in [0.2, 0.25) is 0 Å². The highest BCUT2D eigenvalue weighted by Crippen LogP contribution is 2.26. The molecule has 6 heteroatoms. The Bertz CT molecular complexity index is 395. The van der Waals surface area contributed by atoms with Gasteiger partial charge in [-0.3, -0.25) is 4.79 Å². The number of halogens is 3. The summed E-state index contributed by atoms with van der Waals surface area (Å²) in [5, 5.41) is 0. The van der Waals surface area contributed by atoms with Crippen LogP contribution in [0.5, 0.6) is 0 Å². The quantitative estimate of drug-likeness (QED) is 0.739. The van der Waals surface area contributed by atoms with Gasteiger partial charge in [0.1, 0.15) is 0 Å². The van der Waals surface area contributed by atoms with Crippen LogP contribution in [0.15, 0.2) is 29.2 Å². The first kappa shape index (κ1) is 11.9. The fraction of sp³-hybridized carbons (Fsp3) is 0.222. The zero-order chi connectivity index (χ0) is 11.6. The number of ketones is 1. The third-order valence-corrected chi connectivity index (χ3v) is 2.81. The molecule has 0 saturated carbocycles. The van der Waals surface area contributed by atoms with E-state index >= 15 is 0 Å². The van der Waals surface area contributed by atoms with Gasteiger partial charge in [0.2, 0.25) is 0 Å². The van der Waals surface area contributed by atoms with Gasteiger partial charge in [0, 0.05) is 10.5 Å². The summed E-state index contributed by atoms with van der Waals surface area (Å²) in [5.74, 6) is -0.251. The van der Waals surface area contributed by atoms with Crippen LogP contribution in [0.1, 0.15) is 17.3 Å². The number of carbonyl (C=O) groups is 1. The smallest absolute Gasteiger partial charge is 0.295 e. The predicted octanol–water partition coefficient (Wildman–Crippen LogP) is 2.52. The van der Waals surface area contributed by atoms with Gasteiger partial charge >= 0.3 is 5.51 Å². The minimum atomic E-state index is -4.77. The van der Waals surface area contributed by atoms with Crippen LogP contribution in [0, 0.1) is 0 Å². The Morgan fingerprint density at radius 1 is 1.20 bits per heavy atom. The van der Waals surface area contributed by atoms with Crippen molar-refractivity contribution in [2.24, 2.45) is 0 Å². The highest BCUT2D eigenvalue weighted by molar-refractivity contribution is 7.86. The average Bonchev–Trinajstić information content (AvgIpc) is 2.15. The molecule has 0 aliphatic carbocycles. The van der Waals surface area contributed by atoms with Gasteiger partial charge in [0.25, 0.3) is 0 Å². The lowest BCUT2D eigenvalue weighted by molar-refractivity contribution is -0.0384. The molecule has 1 aromatic rings. The molecular weight excluding hydrogens is 229 g/mol. The maximum absolute atomic E-state index is 12.0. The number of alkyl halides is 3. The first-order valence-corrected chi connectivity index (χ1v) is 5.07. The maximum atomic E-state index is 12.0. The van der Waals surface area contributed by atoms with Crippen molar-refractivity contribution < 1.29 is 22.2 Å². The summed E-state index contributed by atoms with van der Waals surface area (Å²) >= 11 is 0. The summed E-state index contributed by atoms with van der Waals surface area (Å²) < 4.78 is 46.9. The van der Waals surface area contributed by atoms with E-state index < -0.39 is 16.3 Å². The summed E-state index contributed by atoms with van der Waals surface area (Å²) in [6, 6.07) is 4.53. The highest BCUT2D eigenvalue weighted by Gasteiger charge is 2.37. The molecule has 0 amide bonds. The van der Waals surface area contributed by atoms with Gasteiger partial charge in [0.15, 0.2) is 16.6 Å². The summed E-state index contributed by atoms with van der Waals surface area (Å²) in [4.78, 5) is 10.5. The molecule has 0 bridgehead atoms. The van der Waals surface area contributed by atoms with E-state index in [9.17, 15) is 22.2 Å². The Kier molecular flexibility index (Phi) is 3.28. The Morgan fingerprint density at radius 2 is 1.67 bits per heavy atom. The molecule has 0 fully saturated rings. The lowest BCUT2D eigenvalue weighted by Crippen LogP contribution is -2.16. The van der Waals surface area contributed by atoms with Crippen molar-refractivity contribution in [1.29, 1.82) is 0 Å². The first-order chi connectivity index (χ1) is 6.82. The SMILES string of the molecule is CC(=O)c1ccc(S(=O)C(F)(F)F)cc1. The van der Waals surface area contributed by atoms with E-state index in [1.165, 1.54) is 19.1 Å². The van der Waals surface area contributed by atoms with Crippen molar-refractivity contribution in [1.82, 2.24) is 0 Å². The minimum absolute atomic E-state index is 0.251. The second-order valence-corrected chi connectivity index (χ2v) is 4.27. The second kappa shape index (κ2) is 4.14. The summed E-state index contributed by atoms with van der Waals surface area (Å²) in [6.07, 6.45) is 0. The summed E-state index contributed by atoms with van der Waals surface area (Å²) in [6.45, 7) is 1.30. The van der Waals surface area contributed by atoms with Gasteiger partial charge < -0.3 is 0 Å². The molecule has 0 heterocycles. The van der Waals surface area contributed by atoms with Crippen LogP contribution in [0.4, 0.5) is 13.2 Å². The second-order valence-electron chi connectivity index (χ2n) is 2.80. The van der Waals surface area contributed by atoms with E-state index in [1.54, 1.807) is 0 Å². The molecule has 0 saturated heterocycles. The lowest BCUT2D eigenvalue weighted by atomic mass is 10.2. The molecule has 0 spiro atoms. The van der Waals surface area contributed by atoms with Crippen LogP contribution in [-0.4, -0.2) is 15.5 Å². The van der Waals surface area contributed by atoms with E-state index in [-0.39, 0.29) is 16.2 Å². The fourth-order valence-corrected chi connectivity index (χ4v) is 1.60. The highest BCUT2D eigenvalue weighted by atomic mass is 32.2. The standard InChI is InChI=1S/C9H7F3O2S/c1-6(13)7-2-4-8(5-3-7)15(14)9(10,11)12/h2-5H,1H3. The van der Waals surface area contributed by atoms with Crippen LogP contribution in [0.3, 0.4) is 0 Å². The third kappa shape index (κ3) is 2.89. The van der Waals surface area contributed by atoms with Gasteiger partial charge in [-0.1, -0.05) is 12.1 Å². The number of benzene rings is 1. The predicted molar refractivity (Wildman–Crippen MR) is 48.9 cm³/mol. The Hall–Kier alpha value is -1.17. The number of Topliss-reactive ketones (excluding diaryl/α,β-unsaturated/α-hetero) is 1. The average molecular weight is 236 g/mol. The number of hydrogen-bond donors (Lipinski definition) is 0. The van der Waals surface area contributed by atoms with Crippen LogP contribution in [-0.2, 0) is 10.8 Å². The monoisotopic (exact) mass is 236 g/mol. The van der Waals surface area contributed by atoms with Gasteiger partial charge in [-0.15, -0.1) is 0 Å². The number of carbonyl (C=O) groups excluding carboxylic acids is 1. The first-order valence-electron chi connectivity index (χ1n) is 3.92. The molecule has 0 N–H and O–H groups in total. The van der Waals surface area contributed by atoms with Gasteiger partial charge in [-0.05, 0) is 19.1 Å². The zero-order valence-corrected chi connectivity index (χ0v) is 8.48. The summed E-state index contributed by atoms with van der Waals surface area (Å²) in [7, 11) is -3.03. The summed E-state index contributed by atoms with van der Waals surface area (Å²) in [5.41, 5.74) is -4.48. The Labute approximate surface area is 86.6 Å². The third-order valence-electron chi connectivity index (χ3n) is 1.69. The normalized spacial score (nSPS) is 13.6. The molecule has 2 nitrogen and oxygen atoms in total. The van der Waals surface area contributed by atoms with E-state index in [4.69, 9.17) is 0 Å². The van der Waals surface area contributed by atoms with E-state index in [2.05, 4.69) is 0 Å². The molecule has 82 valence electrons. The van der Waals surface area contributed by atoms with Crippen molar-refractivity contribution in [2.45, 2.75) is 17.3 Å².